The fourth-order valence-corrected chi connectivity index (χ4v) is 1.60. The molecule has 1 aliphatic carbocycles. The molecule has 0 heterocycles. The molecule has 0 atom stereocenters. The van der Waals surface area contributed by atoms with Gasteiger partial charge in [-0.15, -0.1) is 0 Å². The van der Waals surface area contributed by atoms with E-state index in [2.05, 4.69) is 4.99 Å². The average Bonchev–Trinajstić information content (AvgIpc) is 3.04. The van der Waals surface area contributed by atoms with Crippen LogP contribution in [0.3, 0.4) is 0 Å². The fraction of sp³-hybridized carbons (Fsp3) is 0.417. The van der Waals surface area contributed by atoms with E-state index in [1.165, 1.54) is 18.4 Å². The van der Waals surface area contributed by atoms with Crippen molar-refractivity contribution in [3.63, 3.8) is 0 Å². The molecule has 2 N–H and O–H groups in total. The third-order valence-corrected chi connectivity index (χ3v) is 2.86. The van der Waals surface area contributed by atoms with E-state index in [4.69, 9.17) is 17.3 Å². The highest BCUT2D eigenvalue weighted by Gasteiger charge is 2.24. The maximum Gasteiger partial charge on any atom is 0.0968 e. The van der Waals surface area contributed by atoms with Crippen LogP contribution in [0.4, 0.5) is 0 Å². The molecule has 2 nitrogen and oxygen atoms in total. The zero-order valence-electron chi connectivity index (χ0n) is 8.62. The number of halogens is 1. The molecule has 0 unspecified atom stereocenters. The van der Waals surface area contributed by atoms with Crippen LogP contribution in [0.15, 0.2) is 29.3 Å². The van der Waals surface area contributed by atoms with Gasteiger partial charge in [-0.05, 0) is 37.0 Å². The second-order valence-corrected chi connectivity index (χ2v) is 4.39. The third kappa shape index (κ3) is 3.24. The predicted molar refractivity (Wildman–Crippen MR) is 64.4 cm³/mol. The molecule has 1 aliphatic rings. The van der Waals surface area contributed by atoms with Crippen LogP contribution in [0.5, 0.6) is 0 Å². The van der Waals surface area contributed by atoms with Crippen LogP contribution in [0.1, 0.15) is 18.4 Å². The smallest absolute Gasteiger partial charge is 0.0968 e. The molecule has 3 heteroatoms. The Labute approximate surface area is 95.2 Å². The monoisotopic (exact) mass is 222 g/mol. The van der Waals surface area contributed by atoms with E-state index >= 15 is 0 Å². The summed E-state index contributed by atoms with van der Waals surface area (Å²) in [6, 6.07) is 7.88. The largest absolute Gasteiger partial charge is 0.387 e. The minimum absolute atomic E-state index is 0.579. The second kappa shape index (κ2) is 4.67. The summed E-state index contributed by atoms with van der Waals surface area (Å²) in [4.78, 5) is 4.37. The molecule has 1 fully saturated rings. The Balaban J connectivity index is 1.82. The Kier molecular flexibility index (Phi) is 3.27. The third-order valence-electron chi connectivity index (χ3n) is 2.60. The summed E-state index contributed by atoms with van der Waals surface area (Å²) in [6.07, 6.45) is 3.37. The highest BCUT2D eigenvalue weighted by Crippen LogP contribution is 2.28. The van der Waals surface area contributed by atoms with Crippen LogP contribution in [-0.2, 0) is 6.42 Å². The van der Waals surface area contributed by atoms with Crippen LogP contribution in [-0.4, -0.2) is 12.4 Å². The molecule has 0 aromatic heterocycles. The Hall–Kier alpha value is -1.02. The summed E-state index contributed by atoms with van der Waals surface area (Å²) in [5.74, 6) is 1.42. The van der Waals surface area contributed by atoms with Crippen molar-refractivity contribution < 1.29 is 0 Å². The first-order valence-electron chi connectivity index (χ1n) is 5.30. The molecular formula is C12H15ClN2. The number of nitrogens with two attached hydrogens (primary N) is 1. The van der Waals surface area contributed by atoms with Gasteiger partial charge < -0.3 is 5.73 Å². The van der Waals surface area contributed by atoms with Crippen LogP contribution in [0.2, 0.25) is 5.02 Å². The predicted octanol–water partition coefficient (Wildman–Crippen LogP) is 2.65. The van der Waals surface area contributed by atoms with Gasteiger partial charge in [0.1, 0.15) is 0 Å². The lowest BCUT2D eigenvalue weighted by molar-refractivity contribution is 0.948. The van der Waals surface area contributed by atoms with Gasteiger partial charge in [-0.3, -0.25) is 4.99 Å². The number of amidine groups is 1. The number of hydrogen-bond acceptors (Lipinski definition) is 1. The van der Waals surface area contributed by atoms with Gasteiger partial charge in [0.2, 0.25) is 0 Å². The van der Waals surface area contributed by atoms with E-state index in [1.807, 2.05) is 24.3 Å². The van der Waals surface area contributed by atoms with E-state index < -0.39 is 0 Å². The second-order valence-electron chi connectivity index (χ2n) is 3.96. The van der Waals surface area contributed by atoms with Crippen LogP contribution in [0.25, 0.3) is 0 Å². The lowest BCUT2D eigenvalue weighted by Gasteiger charge is -2.00. The van der Waals surface area contributed by atoms with Crippen LogP contribution >= 0.6 is 11.6 Å². The minimum atomic E-state index is 0.579. The topological polar surface area (TPSA) is 38.4 Å². The van der Waals surface area contributed by atoms with Gasteiger partial charge in [-0.25, -0.2) is 0 Å². The maximum absolute atomic E-state index is 5.80. The summed E-state index contributed by atoms with van der Waals surface area (Å²) in [6.45, 7) is 0.782. The van der Waals surface area contributed by atoms with Crippen LogP contribution < -0.4 is 5.73 Å². The van der Waals surface area contributed by atoms with E-state index in [9.17, 15) is 0 Å². The quantitative estimate of drug-likeness (QED) is 0.617. The molecule has 80 valence electrons. The molecule has 1 saturated carbocycles. The molecule has 1 aromatic carbocycles. The van der Waals surface area contributed by atoms with E-state index in [0.717, 1.165) is 23.8 Å². The normalized spacial score (nSPS) is 16.7. The molecule has 1 aromatic rings. The summed E-state index contributed by atoms with van der Waals surface area (Å²) in [5.41, 5.74) is 7.05. The summed E-state index contributed by atoms with van der Waals surface area (Å²) in [7, 11) is 0. The Morgan fingerprint density at radius 3 is 2.60 bits per heavy atom. The summed E-state index contributed by atoms with van der Waals surface area (Å²) in [5, 5.41) is 0.778. The lowest BCUT2D eigenvalue weighted by atomic mass is 10.1. The zero-order chi connectivity index (χ0) is 10.7. The Morgan fingerprint density at radius 2 is 2.00 bits per heavy atom. The molecular weight excluding hydrogens is 208 g/mol. The molecule has 2 rings (SSSR count). The van der Waals surface area contributed by atoms with Gasteiger partial charge in [-0.2, -0.15) is 0 Å². The zero-order valence-corrected chi connectivity index (χ0v) is 9.37. The SMILES string of the molecule is NC(=NCCc1ccc(Cl)cc1)C1CC1. The molecule has 0 radical (unpaired) electrons. The Morgan fingerprint density at radius 1 is 1.33 bits per heavy atom. The molecule has 0 aliphatic heterocycles. The molecule has 0 amide bonds. The first-order chi connectivity index (χ1) is 7.25. The highest BCUT2D eigenvalue weighted by atomic mass is 35.5. The van der Waals surface area contributed by atoms with Crippen molar-refractivity contribution in [2.24, 2.45) is 16.6 Å². The first-order valence-corrected chi connectivity index (χ1v) is 5.68. The molecule has 0 bridgehead atoms. The number of hydrogen-bond donors (Lipinski definition) is 1. The molecule has 0 spiro atoms. The minimum Gasteiger partial charge on any atom is -0.387 e. The van der Waals surface area contributed by atoms with Gasteiger partial charge in [0.25, 0.3) is 0 Å². The average molecular weight is 223 g/mol. The van der Waals surface area contributed by atoms with Crippen LogP contribution in [0, 0.1) is 5.92 Å². The van der Waals surface area contributed by atoms with Crippen molar-refractivity contribution in [3.8, 4) is 0 Å². The molecule has 0 saturated heterocycles. The summed E-state index contributed by atoms with van der Waals surface area (Å²) >= 11 is 5.80. The van der Waals surface area contributed by atoms with Crippen molar-refractivity contribution in [2.75, 3.05) is 6.54 Å². The lowest BCUT2D eigenvalue weighted by Crippen LogP contribution is -2.14. The van der Waals surface area contributed by atoms with Gasteiger partial charge >= 0.3 is 0 Å². The number of nitrogens with zero attached hydrogens (tertiary/aromatic N) is 1. The van der Waals surface area contributed by atoms with E-state index in [-0.39, 0.29) is 0 Å². The van der Waals surface area contributed by atoms with Crippen molar-refractivity contribution in [1.82, 2.24) is 0 Å². The van der Waals surface area contributed by atoms with Crippen molar-refractivity contribution in [2.45, 2.75) is 19.3 Å². The summed E-state index contributed by atoms with van der Waals surface area (Å²) < 4.78 is 0. The van der Waals surface area contributed by atoms with Crippen molar-refractivity contribution >= 4 is 17.4 Å². The first kappa shape index (κ1) is 10.5. The fourth-order valence-electron chi connectivity index (χ4n) is 1.47. The van der Waals surface area contributed by atoms with E-state index in [0.29, 0.717) is 5.92 Å². The van der Waals surface area contributed by atoms with Gasteiger partial charge in [0, 0.05) is 17.5 Å². The number of benzene rings is 1. The number of aliphatic imine (C=N–C) groups is 1. The van der Waals surface area contributed by atoms with Gasteiger partial charge in [0.15, 0.2) is 0 Å². The highest BCUT2D eigenvalue weighted by molar-refractivity contribution is 6.30. The van der Waals surface area contributed by atoms with Gasteiger partial charge in [0.05, 0.1) is 5.84 Å². The Bertz CT molecular complexity index is 352. The molecule has 15 heavy (non-hydrogen) atoms. The standard InChI is InChI=1S/C12H15ClN2/c13-11-5-1-9(2-6-11)7-8-15-12(14)10-3-4-10/h1-2,5-6,10H,3-4,7-8H2,(H2,14,15). The maximum atomic E-state index is 5.80. The van der Waals surface area contributed by atoms with E-state index in [1.54, 1.807) is 0 Å². The van der Waals surface area contributed by atoms with Gasteiger partial charge in [-0.1, -0.05) is 23.7 Å². The number of rotatable bonds is 4. The van der Waals surface area contributed by atoms with Crippen molar-refractivity contribution in [3.05, 3.63) is 34.9 Å². The van der Waals surface area contributed by atoms with Crippen molar-refractivity contribution in [1.29, 1.82) is 0 Å².